The van der Waals surface area contributed by atoms with Crippen molar-refractivity contribution in [2.75, 3.05) is 26.6 Å². The van der Waals surface area contributed by atoms with Crippen LogP contribution in [0, 0.1) is 0 Å². The predicted octanol–water partition coefficient (Wildman–Crippen LogP) is 4.97. The highest BCUT2D eigenvalue weighted by Crippen LogP contribution is 2.28. The summed E-state index contributed by atoms with van der Waals surface area (Å²) in [5.74, 6) is 1.28. The lowest BCUT2D eigenvalue weighted by atomic mass is 10.1. The van der Waals surface area contributed by atoms with Crippen molar-refractivity contribution >= 4 is 34.0 Å². The molecule has 0 unspecified atom stereocenters. The number of carbonyl (C=O) groups excluding carboxylic acids is 1. The van der Waals surface area contributed by atoms with Crippen molar-refractivity contribution < 1.29 is 14.3 Å². The molecule has 0 fully saturated rings. The lowest BCUT2D eigenvalue weighted by Gasteiger charge is -2.24. The second-order valence-electron chi connectivity index (χ2n) is 6.97. The average molecular weight is 413 g/mol. The maximum absolute atomic E-state index is 12.7. The summed E-state index contributed by atoms with van der Waals surface area (Å²) in [6.07, 6.45) is 0. The molecular weight excluding hydrogens is 388 g/mol. The van der Waals surface area contributed by atoms with Crippen molar-refractivity contribution in [1.29, 1.82) is 0 Å². The van der Waals surface area contributed by atoms with Crippen molar-refractivity contribution in [3.05, 3.63) is 65.2 Å². The first-order valence-electron chi connectivity index (χ1n) is 9.32. The fraction of sp³-hybridized carbons (Fsp3) is 0.261. The fourth-order valence-corrected chi connectivity index (χ4v) is 3.31. The Kier molecular flexibility index (Phi) is 6.62. The van der Waals surface area contributed by atoms with Crippen molar-refractivity contribution in [1.82, 2.24) is 4.90 Å². The second-order valence-corrected chi connectivity index (χ2v) is 7.41. The minimum Gasteiger partial charge on any atom is -0.497 e. The SMILES string of the molecule is COc1ccc2cc(CN(C)[C@H](C)C(=O)Nc3cc(Cl)ccc3OC)ccc2c1. The minimum absolute atomic E-state index is 0.126. The Morgan fingerprint density at radius 2 is 1.76 bits per heavy atom. The summed E-state index contributed by atoms with van der Waals surface area (Å²) in [5, 5.41) is 5.70. The standard InChI is InChI=1S/C23H25ClN2O3/c1-15(23(27)25-21-13-19(24)8-10-22(21)29-4)26(2)14-16-5-6-18-12-20(28-3)9-7-17(18)11-16/h5-13,15H,14H2,1-4H3,(H,25,27)/t15-/m1/s1. The number of amides is 1. The van der Waals surface area contributed by atoms with Gasteiger partial charge in [-0.05, 0) is 66.7 Å². The van der Waals surface area contributed by atoms with E-state index in [0.717, 1.165) is 22.1 Å². The van der Waals surface area contributed by atoms with Crippen LogP contribution in [0.3, 0.4) is 0 Å². The number of ether oxygens (including phenoxy) is 2. The normalized spacial score (nSPS) is 12.1. The van der Waals surface area contributed by atoms with Gasteiger partial charge in [-0.3, -0.25) is 9.69 Å². The fourth-order valence-electron chi connectivity index (χ4n) is 3.14. The van der Waals surface area contributed by atoms with Crippen molar-refractivity contribution in [2.24, 2.45) is 0 Å². The number of hydrogen-bond donors (Lipinski definition) is 1. The molecule has 0 aliphatic carbocycles. The number of likely N-dealkylation sites (N-methyl/N-ethyl adjacent to an activating group) is 1. The highest BCUT2D eigenvalue weighted by molar-refractivity contribution is 6.31. The number of methoxy groups -OCH3 is 2. The van der Waals surface area contributed by atoms with Gasteiger partial charge in [0.1, 0.15) is 11.5 Å². The van der Waals surface area contributed by atoms with E-state index < -0.39 is 0 Å². The number of rotatable bonds is 7. The summed E-state index contributed by atoms with van der Waals surface area (Å²) in [5.41, 5.74) is 1.69. The van der Waals surface area contributed by atoms with Gasteiger partial charge in [0.15, 0.2) is 0 Å². The van der Waals surface area contributed by atoms with Gasteiger partial charge in [-0.25, -0.2) is 0 Å². The molecule has 3 aromatic carbocycles. The van der Waals surface area contributed by atoms with Crippen LogP contribution in [-0.4, -0.2) is 38.1 Å². The zero-order valence-corrected chi connectivity index (χ0v) is 17.8. The van der Waals surface area contributed by atoms with Crippen LogP contribution in [0.4, 0.5) is 5.69 Å². The van der Waals surface area contributed by atoms with E-state index in [-0.39, 0.29) is 11.9 Å². The van der Waals surface area contributed by atoms with E-state index in [0.29, 0.717) is 23.0 Å². The molecule has 0 aliphatic rings. The van der Waals surface area contributed by atoms with Gasteiger partial charge in [0.2, 0.25) is 5.91 Å². The molecule has 0 saturated carbocycles. The number of benzene rings is 3. The molecule has 0 heterocycles. The molecule has 0 aromatic heterocycles. The van der Waals surface area contributed by atoms with Gasteiger partial charge in [0.25, 0.3) is 0 Å². The smallest absolute Gasteiger partial charge is 0.241 e. The van der Waals surface area contributed by atoms with Crippen LogP contribution in [0.1, 0.15) is 12.5 Å². The van der Waals surface area contributed by atoms with Gasteiger partial charge in [0, 0.05) is 11.6 Å². The molecule has 152 valence electrons. The van der Waals surface area contributed by atoms with E-state index in [2.05, 4.69) is 23.5 Å². The number of fused-ring (bicyclic) bond motifs is 1. The predicted molar refractivity (Wildman–Crippen MR) is 118 cm³/mol. The molecule has 0 aliphatic heterocycles. The molecule has 0 spiro atoms. The van der Waals surface area contributed by atoms with Gasteiger partial charge in [-0.1, -0.05) is 29.8 Å². The Morgan fingerprint density at radius 3 is 2.48 bits per heavy atom. The third kappa shape index (κ3) is 5.00. The maximum Gasteiger partial charge on any atom is 0.241 e. The van der Waals surface area contributed by atoms with E-state index in [1.54, 1.807) is 32.4 Å². The molecule has 3 aromatic rings. The molecule has 29 heavy (non-hydrogen) atoms. The zero-order chi connectivity index (χ0) is 21.0. The number of hydrogen-bond acceptors (Lipinski definition) is 4. The number of nitrogens with one attached hydrogen (secondary N) is 1. The van der Waals surface area contributed by atoms with E-state index in [1.807, 2.05) is 37.1 Å². The molecule has 6 heteroatoms. The molecule has 0 bridgehead atoms. The van der Waals surface area contributed by atoms with E-state index in [9.17, 15) is 4.79 Å². The van der Waals surface area contributed by atoms with E-state index >= 15 is 0 Å². The molecule has 0 saturated heterocycles. The minimum atomic E-state index is -0.342. The van der Waals surface area contributed by atoms with Crippen molar-refractivity contribution in [2.45, 2.75) is 19.5 Å². The monoisotopic (exact) mass is 412 g/mol. The summed E-state index contributed by atoms with van der Waals surface area (Å²) < 4.78 is 10.6. The highest BCUT2D eigenvalue weighted by atomic mass is 35.5. The van der Waals surface area contributed by atoms with Crippen LogP contribution in [0.2, 0.25) is 5.02 Å². The number of halogens is 1. The zero-order valence-electron chi connectivity index (χ0n) is 17.0. The number of anilines is 1. The van der Waals surface area contributed by atoms with Crippen LogP contribution in [0.25, 0.3) is 10.8 Å². The summed E-state index contributed by atoms with van der Waals surface area (Å²) in [6, 6.07) is 17.1. The first-order chi connectivity index (χ1) is 13.9. The largest absolute Gasteiger partial charge is 0.497 e. The summed E-state index contributed by atoms with van der Waals surface area (Å²) in [6.45, 7) is 2.52. The van der Waals surface area contributed by atoms with Gasteiger partial charge in [-0.15, -0.1) is 0 Å². The number of nitrogens with zero attached hydrogens (tertiary/aromatic N) is 1. The molecule has 1 amide bonds. The van der Waals surface area contributed by atoms with Gasteiger partial charge in [-0.2, -0.15) is 0 Å². The number of carbonyl (C=O) groups is 1. The molecule has 0 radical (unpaired) electrons. The summed E-state index contributed by atoms with van der Waals surface area (Å²) in [4.78, 5) is 14.7. The van der Waals surface area contributed by atoms with Crippen LogP contribution < -0.4 is 14.8 Å². The van der Waals surface area contributed by atoms with Crippen molar-refractivity contribution in [3.8, 4) is 11.5 Å². The van der Waals surface area contributed by atoms with E-state index in [4.69, 9.17) is 21.1 Å². The first kappa shape index (κ1) is 21.0. The molecule has 3 rings (SSSR count). The topological polar surface area (TPSA) is 50.8 Å². The Hall–Kier alpha value is -2.76. The molecule has 1 N–H and O–H groups in total. The van der Waals surface area contributed by atoms with Crippen LogP contribution in [0.15, 0.2) is 54.6 Å². The Labute approximate surface area is 176 Å². The maximum atomic E-state index is 12.7. The quantitative estimate of drug-likeness (QED) is 0.595. The lowest BCUT2D eigenvalue weighted by Crippen LogP contribution is -2.39. The Morgan fingerprint density at radius 1 is 1.03 bits per heavy atom. The van der Waals surface area contributed by atoms with E-state index in [1.165, 1.54) is 0 Å². The molecule has 5 nitrogen and oxygen atoms in total. The third-order valence-electron chi connectivity index (χ3n) is 5.00. The lowest BCUT2D eigenvalue weighted by molar-refractivity contribution is -0.120. The molecular formula is C23H25ClN2O3. The van der Waals surface area contributed by atoms with Crippen LogP contribution in [0.5, 0.6) is 11.5 Å². The summed E-state index contributed by atoms with van der Waals surface area (Å²) in [7, 11) is 5.15. The Bertz CT molecular complexity index is 1020. The second kappa shape index (κ2) is 9.16. The highest BCUT2D eigenvalue weighted by Gasteiger charge is 2.20. The van der Waals surface area contributed by atoms with Gasteiger partial charge in [0.05, 0.1) is 25.9 Å². The third-order valence-corrected chi connectivity index (χ3v) is 5.24. The first-order valence-corrected chi connectivity index (χ1v) is 9.70. The van der Waals surface area contributed by atoms with Gasteiger partial charge >= 0.3 is 0 Å². The van der Waals surface area contributed by atoms with Gasteiger partial charge < -0.3 is 14.8 Å². The average Bonchev–Trinajstić information content (AvgIpc) is 2.72. The molecule has 1 atom stereocenters. The summed E-state index contributed by atoms with van der Waals surface area (Å²) >= 11 is 6.05. The van der Waals surface area contributed by atoms with Crippen LogP contribution in [-0.2, 0) is 11.3 Å². The van der Waals surface area contributed by atoms with Crippen molar-refractivity contribution in [3.63, 3.8) is 0 Å². The van der Waals surface area contributed by atoms with Crippen LogP contribution >= 0.6 is 11.6 Å². The Balaban J connectivity index is 1.70.